The Bertz CT molecular complexity index is 504. The van der Waals surface area contributed by atoms with Gasteiger partial charge in [0.05, 0.1) is 4.92 Å². The summed E-state index contributed by atoms with van der Waals surface area (Å²) >= 11 is 0. The maximum Gasteiger partial charge on any atom is 0.334 e. The summed E-state index contributed by atoms with van der Waals surface area (Å²) in [5.74, 6) is 0.573. The molecule has 1 aromatic heterocycles. The number of hydrogen-bond acceptors (Lipinski definition) is 5. The first-order valence-corrected chi connectivity index (χ1v) is 7.59. The molecule has 0 unspecified atom stereocenters. The normalized spacial score (nSPS) is 22.5. The summed E-state index contributed by atoms with van der Waals surface area (Å²) in [6.45, 7) is 3.86. The first-order chi connectivity index (χ1) is 9.93. The van der Waals surface area contributed by atoms with Crippen LogP contribution in [0.5, 0.6) is 0 Å². The van der Waals surface area contributed by atoms with Gasteiger partial charge in [-0.15, -0.1) is 0 Å². The summed E-state index contributed by atoms with van der Waals surface area (Å²) in [4.78, 5) is 11.1. The average molecular weight is 295 g/mol. The molecule has 1 aliphatic carbocycles. The Labute approximate surface area is 125 Å². The predicted molar refractivity (Wildman–Crippen MR) is 82.7 cm³/mol. The fourth-order valence-corrected chi connectivity index (χ4v) is 2.98. The monoisotopic (exact) mass is 295 g/mol. The van der Waals surface area contributed by atoms with Gasteiger partial charge in [0.15, 0.2) is 0 Å². The molecule has 2 rings (SSSR count). The van der Waals surface area contributed by atoms with Crippen molar-refractivity contribution in [3.05, 3.63) is 15.8 Å². The van der Waals surface area contributed by atoms with Crippen molar-refractivity contribution in [1.82, 2.24) is 15.1 Å². The van der Waals surface area contributed by atoms with Gasteiger partial charge in [-0.25, -0.2) is 4.68 Å². The van der Waals surface area contributed by atoms with Crippen LogP contribution in [0.3, 0.4) is 0 Å². The summed E-state index contributed by atoms with van der Waals surface area (Å²) in [6.07, 6.45) is 4.23. The Morgan fingerprint density at radius 2 is 1.86 bits per heavy atom. The molecule has 7 heteroatoms. The molecule has 1 aliphatic rings. The predicted octanol–water partition coefficient (Wildman–Crippen LogP) is 2.39. The van der Waals surface area contributed by atoms with Crippen LogP contribution in [0.15, 0.2) is 0 Å². The Kier molecular flexibility index (Phi) is 4.82. The van der Waals surface area contributed by atoms with E-state index in [0.29, 0.717) is 17.6 Å². The lowest BCUT2D eigenvalue weighted by Crippen LogP contribution is -2.35. The summed E-state index contributed by atoms with van der Waals surface area (Å²) in [5.41, 5.74) is 0.678. The number of nitrogens with one attached hydrogen (secondary N) is 2. The van der Waals surface area contributed by atoms with Gasteiger partial charge in [0.25, 0.3) is 0 Å². The van der Waals surface area contributed by atoms with E-state index in [-0.39, 0.29) is 22.6 Å². The maximum atomic E-state index is 11.4. The molecule has 0 spiro atoms. The molecule has 21 heavy (non-hydrogen) atoms. The molecule has 1 heterocycles. The maximum absolute atomic E-state index is 11.4. The largest absolute Gasteiger partial charge is 0.362 e. The second-order valence-electron chi connectivity index (χ2n) is 6.10. The van der Waals surface area contributed by atoms with Crippen molar-refractivity contribution >= 4 is 11.5 Å². The van der Waals surface area contributed by atoms with Crippen LogP contribution in [0, 0.1) is 10.1 Å². The summed E-state index contributed by atoms with van der Waals surface area (Å²) < 4.78 is 1.61. The van der Waals surface area contributed by atoms with Crippen molar-refractivity contribution in [2.45, 2.75) is 57.5 Å². The van der Waals surface area contributed by atoms with Crippen molar-refractivity contribution in [3.8, 4) is 0 Å². The number of hydrogen-bond donors (Lipinski definition) is 2. The highest BCUT2D eigenvalue weighted by Gasteiger charge is 2.30. The van der Waals surface area contributed by atoms with Gasteiger partial charge in [-0.3, -0.25) is 10.1 Å². The molecule has 0 saturated heterocycles. The van der Waals surface area contributed by atoms with Crippen molar-refractivity contribution in [1.29, 1.82) is 0 Å². The van der Waals surface area contributed by atoms with Crippen LogP contribution >= 0.6 is 0 Å². The average Bonchev–Trinajstić information content (AvgIpc) is 2.77. The van der Waals surface area contributed by atoms with Gasteiger partial charge in [-0.1, -0.05) is 13.8 Å². The fourth-order valence-electron chi connectivity index (χ4n) is 2.98. The molecule has 1 fully saturated rings. The molecule has 0 aromatic carbocycles. The lowest BCUT2D eigenvalue weighted by atomic mass is 9.91. The van der Waals surface area contributed by atoms with E-state index >= 15 is 0 Å². The third kappa shape index (κ3) is 3.34. The standard InChI is InChI=1S/C14H25N5O2/c1-9(2)12-13(19(20)21)14(18(4)17-12)16-11-7-5-10(15-3)6-8-11/h9-11,15-16H,5-8H2,1-4H3. The quantitative estimate of drug-likeness (QED) is 0.643. The van der Waals surface area contributed by atoms with Crippen molar-refractivity contribution in [2.75, 3.05) is 12.4 Å². The second kappa shape index (κ2) is 6.43. The van der Waals surface area contributed by atoms with E-state index in [4.69, 9.17) is 0 Å². The number of nitro groups is 1. The van der Waals surface area contributed by atoms with E-state index < -0.39 is 0 Å². The zero-order valence-corrected chi connectivity index (χ0v) is 13.2. The van der Waals surface area contributed by atoms with E-state index in [0.717, 1.165) is 25.7 Å². The molecule has 7 nitrogen and oxygen atoms in total. The summed E-state index contributed by atoms with van der Waals surface area (Å²) in [6, 6.07) is 0.847. The third-order valence-electron chi connectivity index (χ3n) is 4.25. The number of anilines is 1. The Morgan fingerprint density at radius 3 is 2.33 bits per heavy atom. The highest BCUT2D eigenvalue weighted by molar-refractivity contribution is 5.61. The molecule has 0 aliphatic heterocycles. The number of rotatable bonds is 5. The molecule has 2 N–H and O–H groups in total. The molecule has 0 atom stereocenters. The highest BCUT2D eigenvalue weighted by atomic mass is 16.6. The van der Waals surface area contributed by atoms with E-state index in [2.05, 4.69) is 15.7 Å². The van der Waals surface area contributed by atoms with Gasteiger partial charge < -0.3 is 10.6 Å². The zero-order valence-electron chi connectivity index (χ0n) is 13.2. The molecule has 0 amide bonds. The van der Waals surface area contributed by atoms with Gasteiger partial charge in [0.1, 0.15) is 5.69 Å². The fraction of sp³-hybridized carbons (Fsp3) is 0.786. The van der Waals surface area contributed by atoms with E-state index in [9.17, 15) is 10.1 Å². The van der Waals surface area contributed by atoms with Crippen molar-refractivity contribution in [3.63, 3.8) is 0 Å². The molecule has 0 bridgehead atoms. The first kappa shape index (κ1) is 15.8. The number of aromatic nitrogens is 2. The molecule has 1 aromatic rings. The van der Waals surface area contributed by atoms with E-state index in [1.54, 1.807) is 11.7 Å². The first-order valence-electron chi connectivity index (χ1n) is 7.59. The minimum absolute atomic E-state index is 0.0344. The van der Waals surface area contributed by atoms with Gasteiger partial charge in [0, 0.05) is 25.0 Å². The van der Waals surface area contributed by atoms with E-state index in [1.807, 2.05) is 20.9 Å². The van der Waals surface area contributed by atoms with Crippen molar-refractivity contribution in [2.24, 2.45) is 7.05 Å². The highest BCUT2D eigenvalue weighted by Crippen LogP contribution is 2.34. The van der Waals surface area contributed by atoms with E-state index in [1.165, 1.54) is 0 Å². The number of aryl methyl sites for hydroxylation is 1. The summed E-state index contributed by atoms with van der Waals surface area (Å²) in [7, 11) is 3.75. The Hall–Kier alpha value is -1.63. The molecule has 0 radical (unpaired) electrons. The number of nitrogens with zero attached hydrogens (tertiary/aromatic N) is 3. The van der Waals surface area contributed by atoms with Gasteiger partial charge in [-0.2, -0.15) is 5.10 Å². The van der Waals surface area contributed by atoms with Crippen LogP contribution < -0.4 is 10.6 Å². The van der Waals surface area contributed by atoms with Gasteiger partial charge in [-0.05, 0) is 32.7 Å². The minimum Gasteiger partial charge on any atom is -0.362 e. The molecule has 1 saturated carbocycles. The van der Waals surface area contributed by atoms with Crippen LogP contribution in [-0.2, 0) is 7.05 Å². The van der Waals surface area contributed by atoms with Crippen LogP contribution in [0.2, 0.25) is 0 Å². The van der Waals surface area contributed by atoms with Crippen LogP contribution in [0.25, 0.3) is 0 Å². The van der Waals surface area contributed by atoms with Crippen LogP contribution in [-0.4, -0.2) is 33.8 Å². The lowest BCUT2D eigenvalue weighted by molar-refractivity contribution is -0.384. The second-order valence-corrected chi connectivity index (χ2v) is 6.10. The molecular weight excluding hydrogens is 270 g/mol. The topological polar surface area (TPSA) is 85.0 Å². The Balaban J connectivity index is 2.18. The summed E-state index contributed by atoms with van der Waals surface area (Å²) in [5, 5.41) is 22.4. The van der Waals surface area contributed by atoms with Crippen molar-refractivity contribution < 1.29 is 4.92 Å². The SMILES string of the molecule is CNC1CCC(Nc2c([N+](=O)[O-])c(C(C)C)nn2C)CC1. The molecular formula is C14H25N5O2. The molecule has 118 valence electrons. The Morgan fingerprint density at radius 1 is 1.29 bits per heavy atom. The lowest BCUT2D eigenvalue weighted by Gasteiger charge is -2.29. The smallest absolute Gasteiger partial charge is 0.334 e. The van der Waals surface area contributed by atoms with Crippen LogP contribution in [0.1, 0.15) is 51.1 Å². The third-order valence-corrected chi connectivity index (χ3v) is 4.25. The van der Waals surface area contributed by atoms with Gasteiger partial charge >= 0.3 is 5.69 Å². The van der Waals surface area contributed by atoms with Gasteiger partial charge in [0.2, 0.25) is 5.82 Å². The minimum atomic E-state index is -0.316. The zero-order chi connectivity index (χ0) is 15.6. The van der Waals surface area contributed by atoms with Crippen LogP contribution in [0.4, 0.5) is 11.5 Å².